The number of carbonyl (C=O) groups is 1. The largest absolute Gasteiger partial charge is 0.440 e. The Kier molecular flexibility index (Phi) is 5.08. The summed E-state index contributed by atoms with van der Waals surface area (Å²) >= 11 is 0. The Morgan fingerprint density at radius 1 is 1.41 bits per heavy atom. The highest BCUT2D eigenvalue weighted by Gasteiger charge is 2.30. The molecule has 0 aromatic rings. The van der Waals surface area contributed by atoms with E-state index in [1.807, 2.05) is 0 Å². The van der Waals surface area contributed by atoms with Crippen LogP contribution in [0.25, 0.3) is 0 Å². The van der Waals surface area contributed by atoms with Crippen LogP contribution in [0.15, 0.2) is 0 Å². The van der Waals surface area contributed by atoms with Gasteiger partial charge >= 0.3 is 12.3 Å². The lowest BCUT2D eigenvalue weighted by atomic mass is 9.84. The zero-order valence-corrected chi connectivity index (χ0v) is 9.85. The molecule has 100 valence electrons. The van der Waals surface area contributed by atoms with Gasteiger partial charge in [0.25, 0.3) is 0 Å². The molecule has 17 heavy (non-hydrogen) atoms. The Morgan fingerprint density at radius 3 is 2.71 bits per heavy atom. The molecule has 0 spiro atoms. The lowest BCUT2D eigenvalue weighted by Gasteiger charge is -2.28. The normalized spacial score (nSPS) is 25.4. The van der Waals surface area contributed by atoms with E-state index in [-0.39, 0.29) is 6.04 Å². The van der Waals surface area contributed by atoms with E-state index in [1.165, 1.54) is 0 Å². The van der Waals surface area contributed by atoms with E-state index in [1.54, 1.807) is 0 Å². The zero-order valence-electron chi connectivity index (χ0n) is 9.85. The highest BCUT2D eigenvalue weighted by Crippen LogP contribution is 2.26. The van der Waals surface area contributed by atoms with Crippen LogP contribution in [-0.2, 0) is 4.74 Å². The van der Waals surface area contributed by atoms with Crippen LogP contribution in [0.2, 0.25) is 0 Å². The number of halogens is 3. The van der Waals surface area contributed by atoms with Crippen LogP contribution in [-0.4, -0.2) is 24.9 Å². The molecule has 0 bridgehead atoms. The maximum Gasteiger partial charge on any atom is 0.422 e. The number of amides is 1. The second kappa shape index (κ2) is 6.12. The van der Waals surface area contributed by atoms with Crippen molar-refractivity contribution in [3.8, 4) is 0 Å². The van der Waals surface area contributed by atoms with Crippen molar-refractivity contribution >= 4 is 6.09 Å². The van der Waals surface area contributed by atoms with Gasteiger partial charge in [0.2, 0.25) is 0 Å². The second-order valence-corrected chi connectivity index (χ2v) is 4.47. The first-order valence-corrected chi connectivity index (χ1v) is 5.90. The highest BCUT2D eigenvalue weighted by molar-refractivity contribution is 5.67. The monoisotopic (exact) mass is 253 g/mol. The van der Waals surface area contributed by atoms with Crippen molar-refractivity contribution in [2.24, 2.45) is 5.92 Å². The molecule has 1 aliphatic rings. The van der Waals surface area contributed by atoms with Gasteiger partial charge in [-0.3, -0.25) is 0 Å². The summed E-state index contributed by atoms with van der Waals surface area (Å²) in [6.07, 6.45) is -0.611. The summed E-state index contributed by atoms with van der Waals surface area (Å²) in [5, 5.41) is 2.49. The number of nitrogens with one attached hydrogen (secondary N) is 1. The number of alkyl halides is 3. The fourth-order valence-electron chi connectivity index (χ4n) is 2.15. The molecule has 0 radical (unpaired) electrons. The molecule has 1 rings (SSSR count). The summed E-state index contributed by atoms with van der Waals surface area (Å²) in [6.45, 7) is 0.553. The molecule has 1 saturated carbocycles. The Morgan fingerprint density at radius 2 is 2.12 bits per heavy atom. The van der Waals surface area contributed by atoms with Crippen LogP contribution in [0.4, 0.5) is 18.0 Å². The van der Waals surface area contributed by atoms with E-state index in [2.05, 4.69) is 17.0 Å². The molecule has 0 heterocycles. The van der Waals surface area contributed by atoms with Crippen molar-refractivity contribution in [3.63, 3.8) is 0 Å². The third-order valence-corrected chi connectivity index (χ3v) is 3.05. The Hall–Kier alpha value is -0.940. The fraction of sp³-hybridized carbons (Fsp3) is 0.909. The summed E-state index contributed by atoms with van der Waals surface area (Å²) in [4.78, 5) is 11.1. The first-order chi connectivity index (χ1) is 7.90. The summed E-state index contributed by atoms with van der Waals surface area (Å²) < 4.78 is 39.5. The Bertz CT molecular complexity index is 256. The van der Waals surface area contributed by atoms with Crippen molar-refractivity contribution in [3.05, 3.63) is 0 Å². The van der Waals surface area contributed by atoms with Crippen molar-refractivity contribution in [2.45, 2.75) is 51.2 Å². The van der Waals surface area contributed by atoms with E-state index in [4.69, 9.17) is 0 Å². The number of carbonyl (C=O) groups excluding carboxylic acids is 1. The SMILES string of the molecule is CCC1CCCC(NC(=O)OCC(F)(F)F)C1. The minimum Gasteiger partial charge on any atom is -0.440 e. The van der Waals surface area contributed by atoms with Gasteiger partial charge in [-0.05, 0) is 18.8 Å². The lowest BCUT2D eigenvalue weighted by Crippen LogP contribution is -2.39. The van der Waals surface area contributed by atoms with Crippen LogP contribution in [0.5, 0.6) is 0 Å². The summed E-state index contributed by atoms with van der Waals surface area (Å²) in [5.74, 6) is 0.552. The van der Waals surface area contributed by atoms with Gasteiger partial charge < -0.3 is 10.1 Å². The van der Waals surface area contributed by atoms with Gasteiger partial charge in [0.15, 0.2) is 6.61 Å². The quantitative estimate of drug-likeness (QED) is 0.838. The molecule has 0 aromatic heterocycles. The van der Waals surface area contributed by atoms with Crippen molar-refractivity contribution in [1.82, 2.24) is 5.32 Å². The predicted octanol–water partition coefficient (Wildman–Crippen LogP) is 3.24. The van der Waals surface area contributed by atoms with Crippen LogP contribution in [0, 0.1) is 5.92 Å². The number of hydrogen-bond acceptors (Lipinski definition) is 2. The van der Waals surface area contributed by atoms with E-state index >= 15 is 0 Å². The Balaban J connectivity index is 2.26. The molecule has 0 saturated heterocycles. The smallest absolute Gasteiger partial charge is 0.422 e. The summed E-state index contributed by atoms with van der Waals surface area (Å²) in [5.41, 5.74) is 0. The molecular weight excluding hydrogens is 235 g/mol. The maximum absolute atomic E-state index is 11.8. The standard InChI is InChI=1S/C11H18F3NO2/c1-2-8-4-3-5-9(6-8)15-10(16)17-7-11(12,13)14/h8-9H,2-7H2,1H3,(H,15,16). The number of rotatable bonds is 3. The van der Waals surface area contributed by atoms with Gasteiger partial charge in [-0.25, -0.2) is 4.79 Å². The molecule has 3 nitrogen and oxygen atoms in total. The van der Waals surface area contributed by atoms with E-state index in [0.717, 1.165) is 32.1 Å². The molecule has 1 amide bonds. The van der Waals surface area contributed by atoms with Gasteiger partial charge in [-0.15, -0.1) is 0 Å². The minimum atomic E-state index is -4.46. The lowest BCUT2D eigenvalue weighted by molar-refractivity contribution is -0.160. The van der Waals surface area contributed by atoms with Crippen LogP contribution >= 0.6 is 0 Å². The molecule has 1 fully saturated rings. The fourth-order valence-corrected chi connectivity index (χ4v) is 2.15. The third kappa shape index (κ3) is 5.79. The first kappa shape index (κ1) is 14.1. The first-order valence-electron chi connectivity index (χ1n) is 5.90. The van der Waals surface area contributed by atoms with E-state index in [0.29, 0.717) is 5.92 Å². The average molecular weight is 253 g/mol. The Labute approximate surface area is 98.7 Å². The van der Waals surface area contributed by atoms with Crippen LogP contribution in [0.1, 0.15) is 39.0 Å². The van der Waals surface area contributed by atoms with E-state index < -0.39 is 18.9 Å². The summed E-state index contributed by atoms with van der Waals surface area (Å²) in [6, 6.07) is -0.0468. The van der Waals surface area contributed by atoms with Gasteiger partial charge in [-0.1, -0.05) is 26.2 Å². The molecular formula is C11H18F3NO2. The van der Waals surface area contributed by atoms with Gasteiger partial charge in [0.1, 0.15) is 0 Å². The molecule has 1 aliphatic carbocycles. The number of alkyl carbamates (subject to hydrolysis) is 1. The molecule has 0 aromatic carbocycles. The van der Waals surface area contributed by atoms with Gasteiger partial charge in [0.05, 0.1) is 0 Å². The van der Waals surface area contributed by atoms with Crippen LogP contribution < -0.4 is 5.32 Å². The topological polar surface area (TPSA) is 38.3 Å². The third-order valence-electron chi connectivity index (χ3n) is 3.05. The van der Waals surface area contributed by atoms with E-state index in [9.17, 15) is 18.0 Å². The molecule has 2 unspecified atom stereocenters. The minimum absolute atomic E-state index is 0.0468. The predicted molar refractivity (Wildman–Crippen MR) is 56.6 cm³/mol. The number of ether oxygens (including phenoxy) is 1. The molecule has 6 heteroatoms. The maximum atomic E-state index is 11.8. The van der Waals surface area contributed by atoms with Crippen molar-refractivity contribution in [1.29, 1.82) is 0 Å². The zero-order chi connectivity index (χ0) is 12.9. The highest BCUT2D eigenvalue weighted by atomic mass is 19.4. The molecule has 0 aliphatic heterocycles. The van der Waals surface area contributed by atoms with Gasteiger partial charge in [0, 0.05) is 6.04 Å². The second-order valence-electron chi connectivity index (χ2n) is 4.47. The summed E-state index contributed by atoms with van der Waals surface area (Å²) in [7, 11) is 0. The average Bonchev–Trinajstić information content (AvgIpc) is 2.26. The van der Waals surface area contributed by atoms with Crippen molar-refractivity contribution < 1.29 is 22.7 Å². The van der Waals surface area contributed by atoms with Crippen LogP contribution in [0.3, 0.4) is 0 Å². The van der Waals surface area contributed by atoms with Gasteiger partial charge in [-0.2, -0.15) is 13.2 Å². The molecule has 2 atom stereocenters. The van der Waals surface area contributed by atoms with Crippen molar-refractivity contribution in [2.75, 3.05) is 6.61 Å². The number of hydrogen-bond donors (Lipinski definition) is 1. The molecule has 1 N–H and O–H groups in total.